The zero-order valence-corrected chi connectivity index (χ0v) is 20.3. The van der Waals surface area contributed by atoms with Crippen molar-refractivity contribution in [2.24, 2.45) is 0 Å². The quantitative estimate of drug-likeness (QED) is 0.418. The number of furan rings is 1. The highest BCUT2D eigenvalue weighted by molar-refractivity contribution is 6.05. The Balaban J connectivity index is 1.30. The summed E-state index contributed by atoms with van der Waals surface area (Å²) < 4.78 is 32.9. The highest BCUT2D eigenvalue weighted by Crippen LogP contribution is 2.38. The second-order valence-corrected chi connectivity index (χ2v) is 10.3. The Morgan fingerprint density at radius 1 is 1.14 bits per heavy atom. The van der Waals surface area contributed by atoms with E-state index in [2.05, 4.69) is 26.9 Å². The molecule has 0 saturated carbocycles. The number of aromatic nitrogens is 3. The van der Waals surface area contributed by atoms with Crippen LogP contribution in [0.2, 0.25) is 0 Å². The number of hydrogen-bond donors (Lipinski definition) is 0. The van der Waals surface area contributed by atoms with Crippen molar-refractivity contribution >= 4 is 34.1 Å². The van der Waals surface area contributed by atoms with Crippen LogP contribution in [-0.4, -0.2) is 71.5 Å². The Hall–Kier alpha value is -3.40. The van der Waals surface area contributed by atoms with Gasteiger partial charge < -0.3 is 18.8 Å². The Morgan fingerprint density at radius 2 is 2.05 bits per heavy atom. The fraction of sp³-hybridized carbons (Fsp3) is 0.393. The van der Waals surface area contributed by atoms with E-state index in [1.54, 1.807) is 0 Å². The number of benzene rings is 1. The second kappa shape index (κ2) is 8.31. The van der Waals surface area contributed by atoms with Crippen LogP contribution in [0.5, 0.6) is 0 Å². The molecule has 3 fully saturated rings. The molecular formula is C28H26FN5O3. The lowest BCUT2D eigenvalue weighted by atomic mass is 10.0. The van der Waals surface area contributed by atoms with Gasteiger partial charge in [-0.05, 0) is 41.7 Å². The summed E-state index contributed by atoms with van der Waals surface area (Å²) in [7, 11) is 0. The summed E-state index contributed by atoms with van der Waals surface area (Å²) in [5.74, 6) is 0.711. The molecule has 8 nitrogen and oxygen atoms in total. The monoisotopic (exact) mass is 499 g/mol. The van der Waals surface area contributed by atoms with Gasteiger partial charge in [0.2, 0.25) is 5.71 Å². The minimum Gasteiger partial charge on any atom is -0.432 e. The van der Waals surface area contributed by atoms with Crippen molar-refractivity contribution in [3.05, 3.63) is 53.0 Å². The highest BCUT2D eigenvalue weighted by atomic mass is 19.1. The summed E-state index contributed by atoms with van der Waals surface area (Å²) in [4.78, 5) is 19.1. The van der Waals surface area contributed by atoms with Crippen molar-refractivity contribution in [3.63, 3.8) is 0 Å². The van der Waals surface area contributed by atoms with E-state index in [0.717, 1.165) is 54.6 Å². The van der Waals surface area contributed by atoms with Crippen LogP contribution in [0.4, 0.5) is 10.2 Å². The normalized spacial score (nSPS) is 23.1. The van der Waals surface area contributed by atoms with Crippen molar-refractivity contribution in [1.82, 2.24) is 19.9 Å². The summed E-state index contributed by atoms with van der Waals surface area (Å²) in [5.41, 5.74) is 5.25. The van der Waals surface area contributed by atoms with Gasteiger partial charge in [-0.3, -0.25) is 4.90 Å². The number of fused-ring (bicyclic) bond motifs is 6. The molecule has 2 bridgehead atoms. The van der Waals surface area contributed by atoms with Crippen LogP contribution in [0.1, 0.15) is 23.1 Å². The van der Waals surface area contributed by atoms with Crippen LogP contribution < -0.4 is 4.90 Å². The summed E-state index contributed by atoms with van der Waals surface area (Å²) in [6, 6.07) is 5.95. The summed E-state index contributed by atoms with van der Waals surface area (Å²) in [6.07, 6.45) is 8.14. The van der Waals surface area contributed by atoms with Gasteiger partial charge in [-0.15, -0.1) is 0 Å². The zero-order chi connectivity index (χ0) is 24.5. The number of allylic oxidation sites excluding steroid dienone is 1. The van der Waals surface area contributed by atoms with Crippen molar-refractivity contribution < 1.29 is 18.3 Å². The van der Waals surface area contributed by atoms with Crippen LogP contribution in [0.25, 0.3) is 39.7 Å². The first kappa shape index (κ1) is 21.7. The number of likely N-dealkylation sites (tertiary alicyclic amines) is 1. The third-order valence-electron chi connectivity index (χ3n) is 8.05. The molecular weight excluding hydrogens is 473 g/mol. The molecule has 4 aliphatic rings. The molecule has 0 N–H and O–H groups in total. The van der Waals surface area contributed by atoms with Gasteiger partial charge in [0, 0.05) is 38.4 Å². The van der Waals surface area contributed by atoms with E-state index in [-0.39, 0.29) is 5.82 Å². The molecule has 3 saturated heterocycles. The van der Waals surface area contributed by atoms with Crippen LogP contribution in [0, 0.1) is 5.82 Å². The van der Waals surface area contributed by atoms with E-state index in [1.807, 2.05) is 18.3 Å². The van der Waals surface area contributed by atoms with Gasteiger partial charge in [0.05, 0.1) is 36.9 Å². The fourth-order valence-corrected chi connectivity index (χ4v) is 6.19. The van der Waals surface area contributed by atoms with E-state index in [9.17, 15) is 0 Å². The van der Waals surface area contributed by atoms with Crippen molar-refractivity contribution in [2.45, 2.75) is 31.5 Å². The number of anilines is 1. The van der Waals surface area contributed by atoms with E-state index in [0.29, 0.717) is 72.5 Å². The maximum absolute atomic E-state index is 15.3. The Kier molecular flexibility index (Phi) is 4.86. The van der Waals surface area contributed by atoms with Crippen LogP contribution >= 0.6 is 0 Å². The number of rotatable bonds is 4. The topological polar surface area (TPSA) is 76.8 Å². The van der Waals surface area contributed by atoms with Crippen molar-refractivity contribution in [2.75, 3.05) is 44.4 Å². The van der Waals surface area contributed by atoms with Gasteiger partial charge in [-0.25, -0.2) is 19.3 Å². The van der Waals surface area contributed by atoms with E-state index in [4.69, 9.17) is 23.9 Å². The maximum atomic E-state index is 15.3. The lowest BCUT2D eigenvalue weighted by molar-refractivity contribution is 0.0273. The molecule has 0 spiro atoms. The highest BCUT2D eigenvalue weighted by Gasteiger charge is 2.38. The Bertz CT molecular complexity index is 1580. The molecule has 1 aromatic carbocycles. The van der Waals surface area contributed by atoms with Crippen molar-refractivity contribution in [3.8, 4) is 11.4 Å². The number of nitrogens with zero attached hydrogens (tertiary/aromatic N) is 5. The molecule has 0 radical (unpaired) electrons. The zero-order valence-electron chi connectivity index (χ0n) is 20.3. The molecule has 8 rings (SSSR count). The third-order valence-corrected chi connectivity index (χ3v) is 8.05. The average Bonchev–Trinajstić information content (AvgIpc) is 3.72. The van der Waals surface area contributed by atoms with Crippen LogP contribution in [0.15, 0.2) is 34.9 Å². The molecule has 6 heterocycles. The molecule has 0 amide bonds. The molecule has 9 heteroatoms. The van der Waals surface area contributed by atoms with E-state index >= 15 is 4.39 Å². The molecule has 4 aromatic rings. The maximum Gasteiger partial charge on any atom is 0.229 e. The lowest BCUT2D eigenvalue weighted by Gasteiger charge is -2.28. The first-order valence-corrected chi connectivity index (χ1v) is 13.0. The van der Waals surface area contributed by atoms with E-state index in [1.165, 1.54) is 6.07 Å². The number of hydrogen-bond acceptors (Lipinski definition) is 8. The Morgan fingerprint density at radius 3 is 2.89 bits per heavy atom. The van der Waals surface area contributed by atoms with Gasteiger partial charge in [-0.2, -0.15) is 0 Å². The smallest absolute Gasteiger partial charge is 0.229 e. The molecule has 3 aromatic heterocycles. The first-order valence-electron chi connectivity index (χ1n) is 13.0. The predicted molar refractivity (Wildman–Crippen MR) is 137 cm³/mol. The molecule has 37 heavy (non-hydrogen) atoms. The fourth-order valence-electron chi connectivity index (χ4n) is 6.19. The third kappa shape index (κ3) is 3.48. The lowest BCUT2D eigenvalue weighted by Crippen LogP contribution is -2.37. The standard InChI is InChI=1S/C28H26FN5O3/c29-22-5-4-17-2-1-3-20(17)23(22)26-31-24-21-10-16(13-34-14-19-11-18(34)15-36-19)12-30-28(21)37-25(24)27(32-26)33-6-8-35-9-7-33/h1,3-5,10,12,18-19H,2,6-9,11,13-15H2/t18-,19-/m0/s1. The van der Waals surface area contributed by atoms with Crippen LogP contribution in [0.3, 0.4) is 0 Å². The molecule has 1 aliphatic carbocycles. The molecule has 3 aliphatic heterocycles. The summed E-state index contributed by atoms with van der Waals surface area (Å²) >= 11 is 0. The van der Waals surface area contributed by atoms with Gasteiger partial charge >= 0.3 is 0 Å². The molecule has 2 atom stereocenters. The predicted octanol–water partition coefficient (Wildman–Crippen LogP) is 3.96. The molecule has 188 valence electrons. The minimum absolute atomic E-state index is 0.324. The summed E-state index contributed by atoms with van der Waals surface area (Å²) in [6.45, 7) is 5.11. The van der Waals surface area contributed by atoms with Gasteiger partial charge in [0.25, 0.3) is 0 Å². The van der Waals surface area contributed by atoms with Gasteiger partial charge in [0.15, 0.2) is 17.2 Å². The van der Waals surface area contributed by atoms with Crippen LogP contribution in [-0.2, 0) is 22.4 Å². The van der Waals surface area contributed by atoms with E-state index < -0.39 is 0 Å². The number of morpholine rings is 2. The van der Waals surface area contributed by atoms with Crippen molar-refractivity contribution in [1.29, 1.82) is 0 Å². The number of pyridine rings is 1. The first-order chi connectivity index (χ1) is 18.2. The average molecular weight is 500 g/mol. The second-order valence-electron chi connectivity index (χ2n) is 10.3. The number of halogens is 1. The van der Waals surface area contributed by atoms with Gasteiger partial charge in [0.1, 0.15) is 11.3 Å². The Labute approximate surface area is 212 Å². The largest absolute Gasteiger partial charge is 0.432 e. The summed E-state index contributed by atoms with van der Waals surface area (Å²) in [5, 5.41) is 0.829. The molecule has 0 unspecified atom stereocenters. The SMILES string of the molecule is Fc1ccc2c(c1-c1nc(N3CCOCC3)c3oc4ncc(CN5C[C@@H]6C[C@H]5CO6)cc4c3n1)C=CC2. The minimum atomic E-state index is -0.324. The van der Waals surface area contributed by atoms with Gasteiger partial charge in [-0.1, -0.05) is 18.2 Å². The number of ether oxygens (including phenoxy) is 2.